The average molecular weight is 520 g/mol. The van der Waals surface area contributed by atoms with Gasteiger partial charge in [-0.05, 0) is 52.0 Å². The summed E-state index contributed by atoms with van der Waals surface area (Å²) in [6.45, 7) is 14.2. The number of amides is 3. The van der Waals surface area contributed by atoms with Crippen molar-refractivity contribution in [3.05, 3.63) is 29.8 Å². The number of nitrogens with one attached hydrogen (secondary N) is 2. The number of phenolic OH excluding ortho intramolecular Hbond substituents is 1. The smallest absolute Gasteiger partial charge is 0.408 e. The Morgan fingerprint density at radius 1 is 1.00 bits per heavy atom. The van der Waals surface area contributed by atoms with Crippen LogP contribution in [0.4, 0.5) is 4.79 Å². The van der Waals surface area contributed by atoms with Crippen molar-refractivity contribution in [3.63, 3.8) is 0 Å². The fraction of sp³-hybridized carbons (Fsp3) is 0.690. The van der Waals surface area contributed by atoms with Crippen molar-refractivity contribution in [1.29, 1.82) is 0 Å². The van der Waals surface area contributed by atoms with E-state index >= 15 is 0 Å². The van der Waals surface area contributed by atoms with E-state index in [4.69, 9.17) is 4.74 Å². The van der Waals surface area contributed by atoms with Crippen molar-refractivity contribution in [1.82, 2.24) is 15.5 Å². The average Bonchev–Trinajstić information content (AvgIpc) is 2.79. The number of carbonyl (C=O) groups is 3. The van der Waals surface area contributed by atoms with Crippen LogP contribution in [0.25, 0.3) is 0 Å². The van der Waals surface area contributed by atoms with Crippen LogP contribution in [-0.2, 0) is 14.3 Å². The van der Waals surface area contributed by atoms with Crippen LogP contribution in [0, 0.1) is 5.92 Å². The van der Waals surface area contributed by atoms with Crippen LogP contribution in [0.3, 0.4) is 0 Å². The van der Waals surface area contributed by atoms with E-state index in [-0.39, 0.29) is 23.5 Å². The first-order chi connectivity index (χ1) is 17.4. The zero-order valence-electron chi connectivity index (χ0n) is 23.9. The molecule has 3 N–H and O–H groups in total. The summed E-state index contributed by atoms with van der Waals surface area (Å²) in [6.07, 6.45) is 5.07. The van der Waals surface area contributed by atoms with Gasteiger partial charge in [0.25, 0.3) is 0 Å². The third kappa shape index (κ3) is 11.9. The molecular formula is C29H49N3O5. The highest BCUT2D eigenvalue weighted by Gasteiger charge is 2.37. The number of rotatable bonds is 15. The third-order valence-electron chi connectivity index (χ3n) is 5.85. The maximum Gasteiger partial charge on any atom is 0.408 e. The highest BCUT2D eigenvalue weighted by atomic mass is 16.6. The normalized spacial score (nSPS) is 13.1. The number of nitrogens with zero attached hydrogens (tertiary/aromatic N) is 1. The summed E-state index contributed by atoms with van der Waals surface area (Å²) in [5, 5.41) is 16.4. The van der Waals surface area contributed by atoms with E-state index in [0.717, 1.165) is 32.1 Å². The SMILES string of the molecule is CCCCCCN(C(=O)C(CC(C)C)NC(=O)OC(C)(C)C)C(C(=O)NCCCC)c1ccccc1O. The van der Waals surface area contributed by atoms with Gasteiger partial charge in [-0.25, -0.2) is 4.79 Å². The Labute approximate surface area is 223 Å². The van der Waals surface area contributed by atoms with Gasteiger partial charge in [0.1, 0.15) is 23.4 Å². The van der Waals surface area contributed by atoms with Crippen molar-refractivity contribution in [2.75, 3.05) is 13.1 Å². The molecular weight excluding hydrogens is 470 g/mol. The Balaban J connectivity index is 3.45. The van der Waals surface area contributed by atoms with Crippen LogP contribution in [0.5, 0.6) is 5.75 Å². The zero-order chi connectivity index (χ0) is 28.0. The zero-order valence-corrected chi connectivity index (χ0v) is 23.9. The van der Waals surface area contributed by atoms with Gasteiger partial charge in [-0.15, -0.1) is 0 Å². The molecule has 0 aromatic heterocycles. The molecule has 8 heteroatoms. The maximum atomic E-state index is 14.1. The van der Waals surface area contributed by atoms with E-state index in [1.807, 2.05) is 20.8 Å². The van der Waals surface area contributed by atoms with Crippen molar-refractivity contribution < 1.29 is 24.2 Å². The molecule has 0 aliphatic rings. The van der Waals surface area contributed by atoms with E-state index in [0.29, 0.717) is 31.5 Å². The highest BCUT2D eigenvalue weighted by Crippen LogP contribution is 2.30. The minimum atomic E-state index is -1.03. The van der Waals surface area contributed by atoms with Gasteiger partial charge in [0.15, 0.2) is 0 Å². The molecule has 1 aromatic carbocycles. The minimum Gasteiger partial charge on any atom is -0.508 e. The van der Waals surface area contributed by atoms with Crippen molar-refractivity contribution in [2.45, 2.75) is 111 Å². The van der Waals surface area contributed by atoms with Gasteiger partial charge >= 0.3 is 6.09 Å². The van der Waals surface area contributed by atoms with Crippen molar-refractivity contribution in [2.24, 2.45) is 5.92 Å². The summed E-state index contributed by atoms with van der Waals surface area (Å²) in [6, 6.07) is 4.71. The fourth-order valence-electron chi connectivity index (χ4n) is 4.07. The number of unbranched alkanes of at least 4 members (excludes halogenated alkanes) is 4. The van der Waals surface area contributed by atoms with Gasteiger partial charge in [-0.1, -0.05) is 71.6 Å². The lowest BCUT2D eigenvalue weighted by molar-refractivity contribution is -0.143. The molecule has 0 aliphatic heterocycles. The van der Waals surface area contributed by atoms with Gasteiger partial charge in [0.05, 0.1) is 0 Å². The van der Waals surface area contributed by atoms with Gasteiger partial charge < -0.3 is 25.4 Å². The number of benzene rings is 1. The topological polar surface area (TPSA) is 108 Å². The second-order valence-electron chi connectivity index (χ2n) is 11.0. The second kappa shape index (κ2) is 16.2. The van der Waals surface area contributed by atoms with Crippen molar-refractivity contribution >= 4 is 17.9 Å². The predicted molar refractivity (Wildman–Crippen MR) is 147 cm³/mol. The van der Waals surface area contributed by atoms with E-state index in [9.17, 15) is 19.5 Å². The molecule has 0 aliphatic carbocycles. The van der Waals surface area contributed by atoms with Crippen molar-refractivity contribution in [3.8, 4) is 5.75 Å². The molecule has 0 saturated heterocycles. The second-order valence-corrected chi connectivity index (χ2v) is 11.0. The largest absolute Gasteiger partial charge is 0.508 e. The molecule has 0 saturated carbocycles. The number of hydrogen-bond acceptors (Lipinski definition) is 5. The Hall–Kier alpha value is -2.77. The van der Waals surface area contributed by atoms with E-state index in [2.05, 4.69) is 17.6 Å². The summed E-state index contributed by atoms with van der Waals surface area (Å²) in [4.78, 5) is 41.8. The lowest BCUT2D eigenvalue weighted by Crippen LogP contribution is -2.53. The number of phenols is 1. The summed E-state index contributed by atoms with van der Waals surface area (Å²) in [7, 11) is 0. The molecule has 0 spiro atoms. The lowest BCUT2D eigenvalue weighted by Gasteiger charge is -2.35. The highest BCUT2D eigenvalue weighted by molar-refractivity contribution is 5.92. The first-order valence-electron chi connectivity index (χ1n) is 13.8. The summed E-state index contributed by atoms with van der Waals surface area (Å²) in [5.74, 6) is -0.660. The lowest BCUT2D eigenvalue weighted by atomic mass is 9.98. The van der Waals surface area contributed by atoms with E-state index in [1.54, 1.807) is 39.0 Å². The molecule has 210 valence electrons. The monoisotopic (exact) mass is 519 g/mol. The Kier molecular flexibility index (Phi) is 14.1. The predicted octanol–water partition coefficient (Wildman–Crippen LogP) is 5.70. The first kappa shape index (κ1) is 32.3. The van der Waals surface area contributed by atoms with Crippen LogP contribution >= 0.6 is 0 Å². The maximum absolute atomic E-state index is 14.1. The number of ether oxygens (including phenoxy) is 1. The van der Waals surface area contributed by atoms with Crippen LogP contribution in [0.2, 0.25) is 0 Å². The van der Waals surface area contributed by atoms with Crippen LogP contribution in [0.1, 0.15) is 105 Å². The van der Waals surface area contributed by atoms with E-state index in [1.165, 1.54) is 11.0 Å². The summed E-state index contributed by atoms with van der Waals surface area (Å²) in [5.41, 5.74) is -0.353. The van der Waals surface area contributed by atoms with Gasteiger partial charge in [0, 0.05) is 18.7 Å². The fourth-order valence-corrected chi connectivity index (χ4v) is 4.07. The quantitative estimate of drug-likeness (QED) is 0.258. The molecule has 8 nitrogen and oxygen atoms in total. The number of para-hydroxylation sites is 1. The molecule has 2 atom stereocenters. The molecule has 0 bridgehead atoms. The van der Waals surface area contributed by atoms with Gasteiger partial charge in [-0.2, -0.15) is 0 Å². The van der Waals surface area contributed by atoms with Gasteiger partial charge in [0.2, 0.25) is 11.8 Å². The number of aromatic hydroxyl groups is 1. The van der Waals surface area contributed by atoms with Crippen LogP contribution in [0.15, 0.2) is 24.3 Å². The molecule has 3 amide bonds. The Morgan fingerprint density at radius 2 is 1.65 bits per heavy atom. The molecule has 1 rings (SSSR count). The molecule has 2 unspecified atom stereocenters. The van der Waals surface area contributed by atoms with E-state index < -0.39 is 23.8 Å². The number of alkyl carbamates (subject to hydrolysis) is 1. The van der Waals surface area contributed by atoms with Gasteiger partial charge in [-0.3, -0.25) is 9.59 Å². The number of carbonyl (C=O) groups excluding carboxylic acids is 3. The Bertz CT molecular complexity index is 850. The molecule has 0 heterocycles. The van der Waals surface area contributed by atoms with Crippen LogP contribution < -0.4 is 10.6 Å². The number of hydrogen-bond donors (Lipinski definition) is 3. The first-order valence-corrected chi connectivity index (χ1v) is 13.8. The minimum absolute atomic E-state index is 0.0509. The third-order valence-corrected chi connectivity index (χ3v) is 5.85. The summed E-state index contributed by atoms with van der Waals surface area (Å²) >= 11 is 0. The van der Waals surface area contributed by atoms with Crippen LogP contribution in [-0.4, -0.2) is 52.6 Å². The standard InChI is InChI=1S/C29H49N3O5/c1-8-10-12-15-19-32(27(35)23(20-21(3)4)31-28(36)37-29(5,6)7)25(26(34)30-18-11-9-2)22-16-13-14-17-24(22)33/h13-14,16-17,21,23,25,33H,8-12,15,18-20H2,1-7H3,(H,30,34)(H,31,36). The molecule has 1 aromatic rings. The summed E-state index contributed by atoms with van der Waals surface area (Å²) < 4.78 is 5.43. The molecule has 37 heavy (non-hydrogen) atoms. The molecule has 0 fully saturated rings. The molecule has 0 radical (unpaired) electrons. The Morgan fingerprint density at radius 3 is 2.22 bits per heavy atom.